The summed E-state index contributed by atoms with van der Waals surface area (Å²) in [6.45, 7) is 5.07. The lowest BCUT2D eigenvalue weighted by atomic mass is 9.89. The van der Waals surface area contributed by atoms with Crippen LogP contribution in [0, 0.1) is 0 Å². The molecule has 0 saturated carbocycles. The van der Waals surface area contributed by atoms with Crippen LogP contribution in [0.15, 0.2) is 48.5 Å². The second-order valence-corrected chi connectivity index (χ2v) is 6.89. The smallest absolute Gasteiger partial charge is 0.0802 e. The summed E-state index contributed by atoms with van der Waals surface area (Å²) in [5.74, 6) is 0. The van der Waals surface area contributed by atoms with Crippen molar-refractivity contribution in [3.8, 4) is 0 Å². The van der Waals surface area contributed by atoms with E-state index in [1.807, 2.05) is 0 Å². The Balaban J connectivity index is 1.56. The number of fused-ring (bicyclic) bond motifs is 1. The standard InChI is InChI=1S/C22H29NO/c1-2-23(17-18-8-4-3-5-9-18)15-14-22(24)21-13-12-19-10-6-7-11-20(19)16-21/h3-5,8-9,12-13,16,22,24H,2,6-7,10-11,14-15,17H2,1H3. The largest absolute Gasteiger partial charge is 0.388 e. The average Bonchev–Trinajstić information content (AvgIpc) is 2.65. The first-order chi connectivity index (χ1) is 11.8. The van der Waals surface area contributed by atoms with Crippen molar-refractivity contribution in [2.75, 3.05) is 13.1 Å². The van der Waals surface area contributed by atoms with Crippen molar-refractivity contribution < 1.29 is 5.11 Å². The number of aliphatic hydroxyl groups excluding tert-OH is 1. The minimum atomic E-state index is -0.359. The maximum atomic E-state index is 10.6. The number of aliphatic hydroxyl groups is 1. The zero-order chi connectivity index (χ0) is 16.8. The van der Waals surface area contributed by atoms with Gasteiger partial charge in [-0.1, -0.05) is 55.5 Å². The Labute approximate surface area is 146 Å². The molecule has 1 aliphatic rings. The molecule has 0 amide bonds. The van der Waals surface area contributed by atoms with E-state index in [-0.39, 0.29) is 6.10 Å². The van der Waals surface area contributed by atoms with Gasteiger partial charge < -0.3 is 5.11 Å². The highest BCUT2D eigenvalue weighted by atomic mass is 16.3. The van der Waals surface area contributed by atoms with Gasteiger partial charge in [-0.2, -0.15) is 0 Å². The minimum Gasteiger partial charge on any atom is -0.388 e. The van der Waals surface area contributed by atoms with Gasteiger partial charge in [-0.05, 0) is 60.9 Å². The Hall–Kier alpha value is -1.64. The fraction of sp³-hybridized carbons (Fsp3) is 0.455. The summed E-state index contributed by atoms with van der Waals surface area (Å²) in [6.07, 6.45) is 5.39. The summed E-state index contributed by atoms with van der Waals surface area (Å²) in [5, 5.41) is 10.6. The zero-order valence-corrected chi connectivity index (χ0v) is 14.7. The maximum absolute atomic E-state index is 10.6. The molecule has 2 aromatic rings. The second-order valence-electron chi connectivity index (χ2n) is 6.89. The van der Waals surface area contributed by atoms with Gasteiger partial charge in [0.2, 0.25) is 0 Å². The molecule has 24 heavy (non-hydrogen) atoms. The summed E-state index contributed by atoms with van der Waals surface area (Å²) in [7, 11) is 0. The minimum absolute atomic E-state index is 0.359. The molecule has 3 rings (SSSR count). The molecule has 0 radical (unpaired) electrons. The predicted molar refractivity (Wildman–Crippen MR) is 100 cm³/mol. The Morgan fingerprint density at radius 1 is 1.00 bits per heavy atom. The summed E-state index contributed by atoms with van der Waals surface area (Å²) in [4.78, 5) is 2.40. The third-order valence-electron chi connectivity index (χ3n) is 5.17. The number of hydrogen-bond acceptors (Lipinski definition) is 2. The molecule has 0 heterocycles. The number of benzene rings is 2. The fourth-order valence-corrected chi connectivity index (χ4v) is 3.62. The van der Waals surface area contributed by atoms with Crippen LogP contribution in [0.1, 0.15) is 54.5 Å². The monoisotopic (exact) mass is 323 g/mol. The molecule has 0 saturated heterocycles. The molecule has 2 aromatic carbocycles. The number of nitrogens with zero attached hydrogens (tertiary/aromatic N) is 1. The average molecular weight is 323 g/mol. The molecule has 1 unspecified atom stereocenters. The van der Waals surface area contributed by atoms with Gasteiger partial charge in [-0.25, -0.2) is 0 Å². The van der Waals surface area contributed by atoms with E-state index in [1.54, 1.807) is 0 Å². The van der Waals surface area contributed by atoms with Gasteiger partial charge in [-0.15, -0.1) is 0 Å². The predicted octanol–water partition coefficient (Wildman–Crippen LogP) is 4.51. The molecule has 2 heteroatoms. The fourth-order valence-electron chi connectivity index (χ4n) is 3.62. The number of aryl methyl sites for hydroxylation is 2. The second kappa shape index (κ2) is 8.46. The van der Waals surface area contributed by atoms with Crippen molar-refractivity contribution in [1.29, 1.82) is 0 Å². The van der Waals surface area contributed by atoms with Gasteiger partial charge in [0.25, 0.3) is 0 Å². The lowest BCUT2D eigenvalue weighted by Gasteiger charge is -2.23. The van der Waals surface area contributed by atoms with Crippen molar-refractivity contribution in [1.82, 2.24) is 4.90 Å². The first-order valence-corrected chi connectivity index (χ1v) is 9.32. The molecular weight excluding hydrogens is 294 g/mol. The zero-order valence-electron chi connectivity index (χ0n) is 14.7. The lowest BCUT2D eigenvalue weighted by Crippen LogP contribution is -2.25. The lowest BCUT2D eigenvalue weighted by molar-refractivity contribution is 0.141. The van der Waals surface area contributed by atoms with Crippen molar-refractivity contribution in [3.05, 3.63) is 70.8 Å². The summed E-state index contributed by atoms with van der Waals surface area (Å²) >= 11 is 0. The molecule has 0 bridgehead atoms. The molecule has 1 atom stereocenters. The van der Waals surface area contributed by atoms with Crippen LogP contribution in [-0.4, -0.2) is 23.1 Å². The van der Waals surface area contributed by atoms with Crippen molar-refractivity contribution >= 4 is 0 Å². The Kier molecular flexibility index (Phi) is 6.06. The van der Waals surface area contributed by atoms with Crippen LogP contribution in [0.3, 0.4) is 0 Å². The van der Waals surface area contributed by atoms with Crippen LogP contribution in [0.4, 0.5) is 0 Å². The maximum Gasteiger partial charge on any atom is 0.0802 e. The van der Waals surface area contributed by atoms with Gasteiger partial charge >= 0.3 is 0 Å². The SMILES string of the molecule is CCN(CCC(O)c1ccc2c(c1)CCCC2)Cc1ccccc1. The third-order valence-corrected chi connectivity index (χ3v) is 5.17. The highest BCUT2D eigenvalue weighted by molar-refractivity contribution is 5.34. The van der Waals surface area contributed by atoms with E-state index in [2.05, 4.69) is 60.4 Å². The Bertz CT molecular complexity index is 638. The number of rotatable bonds is 7. The van der Waals surface area contributed by atoms with E-state index < -0.39 is 0 Å². The van der Waals surface area contributed by atoms with Gasteiger partial charge in [0.1, 0.15) is 0 Å². The van der Waals surface area contributed by atoms with Crippen LogP contribution in [0.2, 0.25) is 0 Å². The van der Waals surface area contributed by atoms with Crippen LogP contribution in [-0.2, 0) is 19.4 Å². The molecule has 1 N–H and O–H groups in total. The van der Waals surface area contributed by atoms with Gasteiger partial charge in [-0.3, -0.25) is 4.90 Å². The molecule has 2 nitrogen and oxygen atoms in total. The summed E-state index contributed by atoms with van der Waals surface area (Å²) in [6, 6.07) is 17.2. The first-order valence-electron chi connectivity index (χ1n) is 9.32. The van der Waals surface area contributed by atoms with Crippen molar-refractivity contribution in [3.63, 3.8) is 0 Å². The molecular formula is C22H29NO. The summed E-state index contributed by atoms with van der Waals surface area (Å²) < 4.78 is 0. The van der Waals surface area contributed by atoms with Crippen molar-refractivity contribution in [2.24, 2.45) is 0 Å². The number of hydrogen-bond donors (Lipinski definition) is 1. The van der Waals surface area contributed by atoms with E-state index >= 15 is 0 Å². The van der Waals surface area contributed by atoms with E-state index in [0.717, 1.165) is 31.6 Å². The molecule has 0 spiro atoms. The van der Waals surface area contributed by atoms with E-state index in [0.29, 0.717) is 0 Å². The highest BCUT2D eigenvalue weighted by Gasteiger charge is 2.14. The van der Waals surface area contributed by atoms with Gasteiger partial charge in [0.15, 0.2) is 0 Å². The summed E-state index contributed by atoms with van der Waals surface area (Å²) in [5.41, 5.74) is 5.36. The molecule has 0 fully saturated rings. The first kappa shape index (κ1) is 17.2. The van der Waals surface area contributed by atoms with E-state index in [1.165, 1.54) is 42.4 Å². The van der Waals surface area contributed by atoms with E-state index in [4.69, 9.17) is 0 Å². The Morgan fingerprint density at radius 3 is 2.50 bits per heavy atom. The van der Waals surface area contributed by atoms with Crippen LogP contribution >= 0.6 is 0 Å². The normalized spacial score (nSPS) is 15.3. The van der Waals surface area contributed by atoms with Gasteiger partial charge in [0.05, 0.1) is 6.10 Å². The highest BCUT2D eigenvalue weighted by Crippen LogP contribution is 2.26. The Morgan fingerprint density at radius 2 is 1.75 bits per heavy atom. The molecule has 0 aromatic heterocycles. The van der Waals surface area contributed by atoms with Crippen LogP contribution in [0.5, 0.6) is 0 Å². The quantitative estimate of drug-likeness (QED) is 0.810. The van der Waals surface area contributed by atoms with E-state index in [9.17, 15) is 5.11 Å². The van der Waals surface area contributed by atoms with Crippen molar-refractivity contribution in [2.45, 2.75) is 51.7 Å². The van der Waals surface area contributed by atoms with Crippen LogP contribution < -0.4 is 0 Å². The molecule has 0 aliphatic heterocycles. The third kappa shape index (κ3) is 4.46. The van der Waals surface area contributed by atoms with Crippen LogP contribution in [0.25, 0.3) is 0 Å². The van der Waals surface area contributed by atoms with Gasteiger partial charge in [0, 0.05) is 13.1 Å². The topological polar surface area (TPSA) is 23.5 Å². The molecule has 128 valence electrons. The molecule has 1 aliphatic carbocycles.